The molecule has 94 valence electrons. The van der Waals surface area contributed by atoms with Crippen molar-refractivity contribution in [2.24, 2.45) is 0 Å². The molecule has 1 aliphatic heterocycles. The SMILES string of the molecule is O=C(O)Cc1cccc(N2CCNC(=O)C2=O)c1. The molecule has 2 rings (SSSR count). The number of amides is 2. The Hall–Kier alpha value is -2.37. The van der Waals surface area contributed by atoms with E-state index in [2.05, 4.69) is 5.32 Å². The highest BCUT2D eigenvalue weighted by Crippen LogP contribution is 2.18. The van der Waals surface area contributed by atoms with E-state index in [4.69, 9.17) is 5.11 Å². The van der Waals surface area contributed by atoms with Crippen LogP contribution in [0.2, 0.25) is 0 Å². The van der Waals surface area contributed by atoms with Crippen LogP contribution in [0.3, 0.4) is 0 Å². The van der Waals surface area contributed by atoms with Gasteiger partial charge in [0.05, 0.1) is 6.42 Å². The largest absolute Gasteiger partial charge is 0.481 e. The number of nitrogens with one attached hydrogen (secondary N) is 1. The van der Waals surface area contributed by atoms with Crippen LogP contribution >= 0.6 is 0 Å². The number of anilines is 1. The number of carbonyl (C=O) groups is 3. The van der Waals surface area contributed by atoms with Crippen LogP contribution in [0.15, 0.2) is 24.3 Å². The predicted octanol–water partition coefficient (Wildman–Crippen LogP) is -0.224. The van der Waals surface area contributed by atoms with E-state index in [0.717, 1.165) is 0 Å². The minimum absolute atomic E-state index is 0.109. The number of rotatable bonds is 3. The van der Waals surface area contributed by atoms with Crippen molar-refractivity contribution >= 4 is 23.5 Å². The molecule has 1 aliphatic rings. The summed E-state index contributed by atoms with van der Waals surface area (Å²) in [6.07, 6.45) is -0.109. The molecule has 1 aromatic carbocycles. The number of hydrogen-bond donors (Lipinski definition) is 2. The molecular formula is C12H12N2O4. The topological polar surface area (TPSA) is 86.7 Å². The average Bonchev–Trinajstić information content (AvgIpc) is 2.32. The third kappa shape index (κ3) is 2.48. The lowest BCUT2D eigenvalue weighted by atomic mass is 10.1. The van der Waals surface area contributed by atoms with Gasteiger partial charge in [-0.3, -0.25) is 14.4 Å². The van der Waals surface area contributed by atoms with Crippen LogP contribution in [0.25, 0.3) is 0 Å². The Bertz CT molecular complexity index is 513. The summed E-state index contributed by atoms with van der Waals surface area (Å²) in [6, 6.07) is 6.64. The van der Waals surface area contributed by atoms with Crippen molar-refractivity contribution in [3.8, 4) is 0 Å². The van der Waals surface area contributed by atoms with Crippen molar-refractivity contribution in [1.82, 2.24) is 5.32 Å². The van der Waals surface area contributed by atoms with Gasteiger partial charge in [0.1, 0.15) is 0 Å². The first-order chi connectivity index (χ1) is 8.58. The molecule has 1 saturated heterocycles. The molecule has 0 aliphatic carbocycles. The average molecular weight is 248 g/mol. The third-order valence-electron chi connectivity index (χ3n) is 2.64. The molecule has 0 bridgehead atoms. The first-order valence-electron chi connectivity index (χ1n) is 5.48. The Morgan fingerprint density at radius 2 is 2.17 bits per heavy atom. The number of nitrogens with zero attached hydrogens (tertiary/aromatic N) is 1. The molecule has 6 nitrogen and oxygen atoms in total. The highest BCUT2D eigenvalue weighted by Gasteiger charge is 2.27. The third-order valence-corrected chi connectivity index (χ3v) is 2.64. The maximum Gasteiger partial charge on any atom is 0.316 e. The highest BCUT2D eigenvalue weighted by molar-refractivity contribution is 6.41. The molecule has 0 unspecified atom stereocenters. The quantitative estimate of drug-likeness (QED) is 0.724. The maximum atomic E-state index is 11.7. The van der Waals surface area contributed by atoms with Gasteiger partial charge in [-0.05, 0) is 17.7 Å². The Balaban J connectivity index is 2.24. The molecule has 1 heterocycles. The summed E-state index contributed by atoms with van der Waals surface area (Å²) in [5, 5.41) is 11.2. The van der Waals surface area contributed by atoms with E-state index in [0.29, 0.717) is 24.3 Å². The number of piperazine rings is 1. The molecule has 1 aromatic rings. The molecule has 0 atom stereocenters. The molecule has 2 amide bonds. The first kappa shape index (κ1) is 12.1. The normalized spacial score (nSPS) is 15.4. The van der Waals surface area contributed by atoms with E-state index in [1.54, 1.807) is 24.3 Å². The lowest BCUT2D eigenvalue weighted by molar-refractivity contribution is -0.138. The Kier molecular flexibility index (Phi) is 3.27. The van der Waals surface area contributed by atoms with Gasteiger partial charge < -0.3 is 15.3 Å². The number of aliphatic carboxylic acids is 1. The van der Waals surface area contributed by atoms with Gasteiger partial charge in [-0.2, -0.15) is 0 Å². The van der Waals surface area contributed by atoms with Crippen LogP contribution in [0, 0.1) is 0 Å². The Morgan fingerprint density at radius 3 is 2.89 bits per heavy atom. The summed E-state index contributed by atoms with van der Waals surface area (Å²) < 4.78 is 0. The number of carboxylic acid groups (broad SMARTS) is 1. The van der Waals surface area contributed by atoms with Crippen LogP contribution in [-0.4, -0.2) is 36.0 Å². The maximum absolute atomic E-state index is 11.7. The first-order valence-corrected chi connectivity index (χ1v) is 5.48. The number of carboxylic acids is 1. The Morgan fingerprint density at radius 1 is 1.39 bits per heavy atom. The standard InChI is InChI=1S/C12H12N2O4/c15-10(16)7-8-2-1-3-9(6-8)14-5-4-13-11(17)12(14)18/h1-3,6H,4-5,7H2,(H,13,17)(H,15,16). The van der Waals surface area contributed by atoms with E-state index in [1.807, 2.05) is 0 Å². The van der Waals surface area contributed by atoms with Crippen molar-refractivity contribution in [3.63, 3.8) is 0 Å². The van der Waals surface area contributed by atoms with Crippen molar-refractivity contribution < 1.29 is 19.5 Å². The molecule has 18 heavy (non-hydrogen) atoms. The lowest BCUT2D eigenvalue weighted by Crippen LogP contribution is -2.52. The second-order valence-electron chi connectivity index (χ2n) is 3.95. The molecule has 6 heteroatoms. The van der Waals surface area contributed by atoms with Crippen LogP contribution in [0.1, 0.15) is 5.56 Å². The van der Waals surface area contributed by atoms with Crippen molar-refractivity contribution in [3.05, 3.63) is 29.8 Å². The fourth-order valence-corrected chi connectivity index (χ4v) is 1.84. The van der Waals surface area contributed by atoms with Crippen LogP contribution in [0.5, 0.6) is 0 Å². The van der Waals surface area contributed by atoms with Gasteiger partial charge in [0, 0.05) is 18.8 Å². The number of benzene rings is 1. The fraction of sp³-hybridized carbons (Fsp3) is 0.250. The van der Waals surface area contributed by atoms with Crippen LogP contribution in [-0.2, 0) is 20.8 Å². The molecule has 0 aromatic heterocycles. The minimum atomic E-state index is -0.935. The van der Waals surface area contributed by atoms with Gasteiger partial charge >= 0.3 is 17.8 Å². The van der Waals surface area contributed by atoms with Crippen molar-refractivity contribution in [1.29, 1.82) is 0 Å². The summed E-state index contributed by atoms with van der Waals surface area (Å²) in [4.78, 5) is 34.9. The van der Waals surface area contributed by atoms with Crippen LogP contribution in [0.4, 0.5) is 5.69 Å². The molecular weight excluding hydrogens is 236 g/mol. The van der Waals surface area contributed by atoms with E-state index in [9.17, 15) is 14.4 Å². The van der Waals surface area contributed by atoms with Gasteiger partial charge in [-0.25, -0.2) is 0 Å². The minimum Gasteiger partial charge on any atom is -0.481 e. The zero-order chi connectivity index (χ0) is 13.1. The lowest BCUT2D eigenvalue weighted by Gasteiger charge is -2.26. The summed E-state index contributed by atoms with van der Waals surface area (Å²) in [7, 11) is 0. The fourth-order valence-electron chi connectivity index (χ4n) is 1.84. The monoisotopic (exact) mass is 248 g/mol. The predicted molar refractivity (Wildman–Crippen MR) is 63.1 cm³/mol. The van der Waals surface area contributed by atoms with E-state index >= 15 is 0 Å². The van der Waals surface area contributed by atoms with Crippen molar-refractivity contribution in [2.45, 2.75) is 6.42 Å². The van der Waals surface area contributed by atoms with E-state index < -0.39 is 17.8 Å². The van der Waals surface area contributed by atoms with Gasteiger partial charge in [-0.1, -0.05) is 12.1 Å². The van der Waals surface area contributed by atoms with Gasteiger partial charge in [-0.15, -0.1) is 0 Å². The smallest absolute Gasteiger partial charge is 0.316 e. The summed E-state index contributed by atoms with van der Waals surface area (Å²) in [6.45, 7) is 0.787. The van der Waals surface area contributed by atoms with Crippen molar-refractivity contribution in [2.75, 3.05) is 18.0 Å². The summed E-state index contributed by atoms with van der Waals surface area (Å²) in [5.41, 5.74) is 1.15. The molecule has 0 saturated carbocycles. The molecule has 2 N–H and O–H groups in total. The molecule has 0 spiro atoms. The second kappa shape index (κ2) is 4.87. The zero-order valence-corrected chi connectivity index (χ0v) is 9.55. The Labute approximate surface area is 103 Å². The second-order valence-corrected chi connectivity index (χ2v) is 3.95. The zero-order valence-electron chi connectivity index (χ0n) is 9.55. The molecule has 0 radical (unpaired) electrons. The summed E-state index contributed by atoms with van der Waals surface area (Å²) in [5.74, 6) is -2.19. The van der Waals surface area contributed by atoms with Gasteiger partial charge in [0.25, 0.3) is 0 Å². The van der Waals surface area contributed by atoms with Gasteiger partial charge in [0.2, 0.25) is 0 Å². The number of hydrogen-bond acceptors (Lipinski definition) is 3. The summed E-state index contributed by atoms with van der Waals surface area (Å²) >= 11 is 0. The molecule has 1 fully saturated rings. The van der Waals surface area contributed by atoms with E-state index in [1.165, 1.54) is 4.90 Å². The van der Waals surface area contributed by atoms with Gasteiger partial charge in [0.15, 0.2) is 0 Å². The number of carbonyl (C=O) groups excluding carboxylic acids is 2. The van der Waals surface area contributed by atoms with E-state index in [-0.39, 0.29) is 6.42 Å². The van der Waals surface area contributed by atoms with Crippen LogP contribution < -0.4 is 10.2 Å². The highest BCUT2D eigenvalue weighted by atomic mass is 16.4.